The SMILES string of the molecule is CCSc1nnc(CNC(=O)c2cccc(OC)c2)n1-c1ccc(Cl)c(Cl)c1. The van der Waals surface area contributed by atoms with Gasteiger partial charge in [0, 0.05) is 5.56 Å². The summed E-state index contributed by atoms with van der Waals surface area (Å²) < 4.78 is 7.03. The van der Waals surface area contributed by atoms with E-state index < -0.39 is 0 Å². The van der Waals surface area contributed by atoms with Gasteiger partial charge in [-0.25, -0.2) is 0 Å². The van der Waals surface area contributed by atoms with Gasteiger partial charge in [-0.2, -0.15) is 0 Å². The van der Waals surface area contributed by atoms with Crippen molar-refractivity contribution in [3.05, 3.63) is 63.9 Å². The number of carbonyl (C=O) groups is 1. The van der Waals surface area contributed by atoms with Crippen LogP contribution in [0.1, 0.15) is 23.1 Å². The average Bonchev–Trinajstić information content (AvgIpc) is 3.11. The van der Waals surface area contributed by atoms with E-state index in [4.69, 9.17) is 27.9 Å². The Morgan fingerprint density at radius 3 is 2.71 bits per heavy atom. The summed E-state index contributed by atoms with van der Waals surface area (Å²) in [6.07, 6.45) is 0. The van der Waals surface area contributed by atoms with Crippen molar-refractivity contribution in [1.29, 1.82) is 0 Å². The molecule has 6 nitrogen and oxygen atoms in total. The quantitative estimate of drug-likeness (QED) is 0.546. The van der Waals surface area contributed by atoms with E-state index in [9.17, 15) is 4.79 Å². The van der Waals surface area contributed by atoms with E-state index in [2.05, 4.69) is 15.5 Å². The highest BCUT2D eigenvalue weighted by atomic mass is 35.5. The van der Waals surface area contributed by atoms with Crippen molar-refractivity contribution in [2.75, 3.05) is 12.9 Å². The van der Waals surface area contributed by atoms with E-state index in [1.807, 2.05) is 17.6 Å². The molecule has 0 aliphatic carbocycles. The molecule has 0 bridgehead atoms. The van der Waals surface area contributed by atoms with Crippen LogP contribution in [0.15, 0.2) is 47.6 Å². The number of methoxy groups -OCH3 is 1. The average molecular weight is 437 g/mol. The predicted octanol–water partition coefficient (Wildman–Crippen LogP) is 4.62. The van der Waals surface area contributed by atoms with Crippen LogP contribution in [-0.4, -0.2) is 33.5 Å². The second-order valence-electron chi connectivity index (χ2n) is 5.68. The van der Waals surface area contributed by atoms with Crippen LogP contribution in [0.2, 0.25) is 10.0 Å². The van der Waals surface area contributed by atoms with E-state index in [0.29, 0.717) is 32.3 Å². The number of hydrogen-bond donors (Lipinski definition) is 1. The van der Waals surface area contributed by atoms with Crippen molar-refractivity contribution in [3.8, 4) is 11.4 Å². The summed E-state index contributed by atoms with van der Waals surface area (Å²) in [6.45, 7) is 2.23. The van der Waals surface area contributed by atoms with Gasteiger partial charge in [-0.05, 0) is 42.2 Å². The number of halogens is 2. The lowest BCUT2D eigenvalue weighted by Crippen LogP contribution is -2.24. The molecule has 0 aliphatic heterocycles. The molecule has 0 atom stereocenters. The number of nitrogens with one attached hydrogen (secondary N) is 1. The molecule has 9 heteroatoms. The summed E-state index contributed by atoms with van der Waals surface area (Å²) in [5.41, 5.74) is 1.28. The smallest absolute Gasteiger partial charge is 0.251 e. The Bertz CT molecular complexity index is 994. The van der Waals surface area contributed by atoms with Crippen LogP contribution in [-0.2, 0) is 6.54 Å². The zero-order valence-corrected chi connectivity index (χ0v) is 17.6. The normalized spacial score (nSPS) is 10.7. The molecular weight excluding hydrogens is 419 g/mol. The first-order valence-corrected chi connectivity index (χ1v) is 10.2. The molecular formula is C19H18Cl2N4O2S. The summed E-state index contributed by atoms with van der Waals surface area (Å²) in [4.78, 5) is 12.5. The summed E-state index contributed by atoms with van der Waals surface area (Å²) in [5.74, 6) is 1.81. The molecule has 1 amide bonds. The first-order chi connectivity index (χ1) is 13.5. The topological polar surface area (TPSA) is 69.0 Å². The van der Waals surface area contributed by atoms with Gasteiger partial charge in [0.2, 0.25) is 0 Å². The molecule has 3 aromatic rings. The van der Waals surface area contributed by atoms with Gasteiger partial charge >= 0.3 is 0 Å². The van der Waals surface area contributed by atoms with Crippen molar-refractivity contribution < 1.29 is 9.53 Å². The minimum Gasteiger partial charge on any atom is -0.497 e. The van der Waals surface area contributed by atoms with Crippen LogP contribution in [0, 0.1) is 0 Å². The molecule has 0 saturated carbocycles. The molecule has 146 valence electrons. The fourth-order valence-electron chi connectivity index (χ4n) is 2.55. The second kappa shape index (κ2) is 9.32. The summed E-state index contributed by atoms with van der Waals surface area (Å²) >= 11 is 13.8. The minimum absolute atomic E-state index is 0.202. The Hall–Kier alpha value is -2.22. The highest BCUT2D eigenvalue weighted by Crippen LogP contribution is 2.28. The first-order valence-electron chi connectivity index (χ1n) is 8.48. The molecule has 0 saturated heterocycles. The van der Waals surface area contributed by atoms with Gasteiger partial charge in [-0.1, -0.05) is 48.0 Å². The third-order valence-electron chi connectivity index (χ3n) is 3.87. The molecule has 2 aromatic carbocycles. The Labute approximate surface area is 177 Å². The highest BCUT2D eigenvalue weighted by molar-refractivity contribution is 7.99. The molecule has 0 unspecified atom stereocenters. The van der Waals surface area contributed by atoms with Gasteiger partial charge in [-0.15, -0.1) is 10.2 Å². The van der Waals surface area contributed by atoms with Crippen LogP contribution in [0.25, 0.3) is 5.69 Å². The summed E-state index contributed by atoms with van der Waals surface area (Å²) in [7, 11) is 1.56. The number of aromatic nitrogens is 3. The van der Waals surface area contributed by atoms with Crippen LogP contribution in [0.4, 0.5) is 0 Å². The zero-order valence-electron chi connectivity index (χ0n) is 15.3. The predicted molar refractivity (Wildman–Crippen MR) is 112 cm³/mol. The van der Waals surface area contributed by atoms with Gasteiger partial charge in [0.05, 0.1) is 29.4 Å². The van der Waals surface area contributed by atoms with Crippen molar-refractivity contribution in [3.63, 3.8) is 0 Å². The van der Waals surface area contributed by atoms with Gasteiger partial charge in [-0.3, -0.25) is 9.36 Å². The van der Waals surface area contributed by atoms with Gasteiger partial charge in [0.15, 0.2) is 11.0 Å². The van der Waals surface area contributed by atoms with E-state index in [1.165, 1.54) is 0 Å². The molecule has 0 spiro atoms. The number of hydrogen-bond acceptors (Lipinski definition) is 5. The molecule has 0 radical (unpaired) electrons. The van der Waals surface area contributed by atoms with E-state index in [1.54, 1.807) is 55.3 Å². The Kier molecular flexibility index (Phi) is 6.83. The van der Waals surface area contributed by atoms with Crippen LogP contribution in [0.5, 0.6) is 5.75 Å². The minimum atomic E-state index is -0.229. The number of rotatable bonds is 7. The van der Waals surface area contributed by atoms with Crippen LogP contribution >= 0.6 is 35.0 Å². The third kappa shape index (κ3) is 4.60. The molecule has 3 rings (SSSR count). The molecule has 0 aliphatic rings. The third-order valence-corrected chi connectivity index (χ3v) is 5.42. The van der Waals surface area contributed by atoms with E-state index in [-0.39, 0.29) is 12.5 Å². The fourth-order valence-corrected chi connectivity index (χ4v) is 3.54. The number of benzene rings is 2. The van der Waals surface area contributed by atoms with Gasteiger partial charge < -0.3 is 10.1 Å². The van der Waals surface area contributed by atoms with Crippen molar-refractivity contribution >= 4 is 40.9 Å². The van der Waals surface area contributed by atoms with Crippen LogP contribution < -0.4 is 10.1 Å². The number of amides is 1. The fraction of sp³-hybridized carbons (Fsp3) is 0.211. The molecule has 0 fully saturated rings. The van der Waals surface area contributed by atoms with Gasteiger partial charge in [0.1, 0.15) is 5.75 Å². The number of ether oxygens (including phenoxy) is 1. The van der Waals surface area contributed by atoms with Gasteiger partial charge in [0.25, 0.3) is 5.91 Å². The first kappa shape index (κ1) is 20.5. The lowest BCUT2D eigenvalue weighted by molar-refractivity contribution is 0.0949. The monoisotopic (exact) mass is 436 g/mol. The van der Waals surface area contributed by atoms with Crippen molar-refractivity contribution in [1.82, 2.24) is 20.1 Å². The standard InChI is InChI=1S/C19H18Cl2N4O2S/c1-3-28-19-24-23-17(25(19)13-7-8-15(20)16(21)10-13)11-22-18(26)12-5-4-6-14(9-12)27-2/h4-10H,3,11H2,1-2H3,(H,22,26). The lowest BCUT2D eigenvalue weighted by atomic mass is 10.2. The maximum Gasteiger partial charge on any atom is 0.251 e. The van der Waals surface area contributed by atoms with E-state index in [0.717, 1.165) is 11.4 Å². The number of carbonyl (C=O) groups excluding carboxylic acids is 1. The summed E-state index contributed by atoms with van der Waals surface area (Å²) in [5, 5.41) is 13.0. The van der Waals surface area contributed by atoms with E-state index >= 15 is 0 Å². The lowest BCUT2D eigenvalue weighted by Gasteiger charge is -2.12. The van der Waals surface area contributed by atoms with Crippen LogP contribution in [0.3, 0.4) is 0 Å². The molecule has 1 aromatic heterocycles. The molecule has 1 heterocycles. The number of nitrogens with zero attached hydrogens (tertiary/aromatic N) is 3. The number of thioether (sulfide) groups is 1. The molecule has 1 N–H and O–H groups in total. The van der Waals surface area contributed by atoms with Crippen molar-refractivity contribution in [2.45, 2.75) is 18.6 Å². The Morgan fingerprint density at radius 1 is 1.18 bits per heavy atom. The Balaban J connectivity index is 1.85. The maximum absolute atomic E-state index is 12.5. The zero-order chi connectivity index (χ0) is 20.1. The summed E-state index contributed by atoms with van der Waals surface area (Å²) in [6, 6.07) is 12.3. The largest absolute Gasteiger partial charge is 0.497 e. The molecule has 28 heavy (non-hydrogen) atoms. The maximum atomic E-state index is 12.5. The van der Waals surface area contributed by atoms with Crippen molar-refractivity contribution in [2.24, 2.45) is 0 Å². The highest BCUT2D eigenvalue weighted by Gasteiger charge is 2.16. The Morgan fingerprint density at radius 2 is 2.00 bits per heavy atom. The second-order valence-corrected chi connectivity index (χ2v) is 7.73.